The van der Waals surface area contributed by atoms with Gasteiger partial charge in [0.05, 0.1) is 0 Å². The first-order valence-corrected chi connectivity index (χ1v) is 7.40. The van der Waals surface area contributed by atoms with Crippen LogP contribution in [-0.2, 0) is 0 Å². The minimum absolute atomic E-state index is 0. The molecule has 4 rings (SSSR count). The van der Waals surface area contributed by atoms with Gasteiger partial charge in [-0.05, 0) is 67.7 Å². The van der Waals surface area contributed by atoms with Crippen molar-refractivity contribution in [3.63, 3.8) is 0 Å². The molecule has 0 aliphatic heterocycles. The Morgan fingerprint density at radius 3 is 2.05 bits per heavy atom. The Kier molecular flexibility index (Phi) is 3.92. The molecule has 0 saturated heterocycles. The van der Waals surface area contributed by atoms with Crippen LogP contribution in [0.25, 0.3) is 32.3 Å². The van der Waals surface area contributed by atoms with E-state index in [-0.39, 0.29) is 24.4 Å². The van der Waals surface area contributed by atoms with E-state index in [9.17, 15) is 0 Å². The summed E-state index contributed by atoms with van der Waals surface area (Å²) >= 11 is 2.43. The Bertz CT molecular complexity index is 928. The van der Waals surface area contributed by atoms with E-state index in [1.54, 1.807) is 0 Å². The maximum absolute atomic E-state index is 2.43. The fourth-order valence-electron chi connectivity index (χ4n) is 2.76. The molecule has 0 aliphatic rings. The van der Waals surface area contributed by atoms with Crippen molar-refractivity contribution in [2.75, 3.05) is 0 Å². The van der Waals surface area contributed by atoms with Gasteiger partial charge in [0.2, 0.25) is 0 Å². The molecule has 0 spiro atoms. The van der Waals surface area contributed by atoms with Crippen LogP contribution in [0.4, 0.5) is 0 Å². The summed E-state index contributed by atoms with van der Waals surface area (Å²) < 4.78 is 1.32. The third kappa shape index (κ3) is 2.21. The quantitative estimate of drug-likeness (QED) is 0.150. The number of hydrogen-bond donors (Lipinski definition) is 0. The fraction of sp³-hybridized carbons (Fsp3) is 0. The summed E-state index contributed by atoms with van der Waals surface area (Å²) in [4.78, 5) is 0. The maximum atomic E-state index is 2.43. The van der Waals surface area contributed by atoms with Gasteiger partial charge in [-0.2, -0.15) is 0 Å². The summed E-state index contributed by atoms with van der Waals surface area (Å²) in [6.07, 6.45) is 0. The number of benzene rings is 4. The molecule has 0 unspecified atom stereocenters. The topological polar surface area (TPSA) is 0 Å². The molecule has 0 heterocycles. The summed E-state index contributed by atoms with van der Waals surface area (Å²) in [6.45, 7) is 0. The van der Waals surface area contributed by atoms with E-state index in [0.29, 0.717) is 0 Å². The molecule has 0 nitrogen and oxygen atoms in total. The zero-order valence-electron chi connectivity index (χ0n) is 10.9. The fourth-order valence-corrected chi connectivity index (χ4v) is 3.57. The molecule has 0 bridgehead atoms. The Morgan fingerprint density at radius 2 is 1.25 bits per heavy atom. The average Bonchev–Trinajstić information content (AvgIpc) is 2.45. The second kappa shape index (κ2) is 5.54. The summed E-state index contributed by atoms with van der Waals surface area (Å²) in [5.41, 5.74) is 0. The van der Waals surface area contributed by atoms with Gasteiger partial charge in [0, 0.05) is 8.96 Å². The molecule has 0 radical (unpaired) electrons. The SMILES string of the molecule is Ic1cccc2ccc3cc4ccccc4cc3c12.[SbH3]. The molecule has 2 heteroatoms. The van der Waals surface area contributed by atoms with Crippen LogP contribution >= 0.6 is 22.6 Å². The third-order valence-electron chi connectivity index (χ3n) is 3.68. The van der Waals surface area contributed by atoms with Gasteiger partial charge in [0.25, 0.3) is 0 Å². The van der Waals surface area contributed by atoms with Crippen molar-refractivity contribution >= 4 is 79.3 Å². The van der Waals surface area contributed by atoms with Crippen LogP contribution in [0, 0.1) is 3.57 Å². The van der Waals surface area contributed by atoms with E-state index in [2.05, 4.69) is 89.3 Å². The van der Waals surface area contributed by atoms with Gasteiger partial charge in [-0.25, -0.2) is 0 Å². The standard InChI is InChI=1S/C18H11I.Sb.3H/c19-17-7-3-6-12-8-9-15-10-13-4-1-2-5-14(13)11-16(15)18(12)17;;;;/h1-11H;;;;. The number of halogens is 1. The van der Waals surface area contributed by atoms with Crippen LogP contribution in [0.15, 0.2) is 66.7 Å². The van der Waals surface area contributed by atoms with Crippen molar-refractivity contribution < 1.29 is 0 Å². The predicted octanol–water partition coefficient (Wildman–Crippen LogP) is 4.57. The molecule has 0 aromatic heterocycles. The van der Waals surface area contributed by atoms with Gasteiger partial charge in [0.1, 0.15) is 0 Å². The first-order valence-electron chi connectivity index (χ1n) is 6.33. The zero-order valence-corrected chi connectivity index (χ0v) is 17.1. The van der Waals surface area contributed by atoms with Gasteiger partial charge in [-0.1, -0.05) is 48.5 Å². The van der Waals surface area contributed by atoms with Crippen molar-refractivity contribution in [3.8, 4) is 0 Å². The summed E-state index contributed by atoms with van der Waals surface area (Å²) in [7, 11) is 0. The Morgan fingerprint density at radius 1 is 0.600 bits per heavy atom. The number of rotatable bonds is 0. The summed E-state index contributed by atoms with van der Waals surface area (Å²) in [5.74, 6) is 0. The Hall–Kier alpha value is -0.792. The second-order valence-electron chi connectivity index (χ2n) is 4.82. The van der Waals surface area contributed by atoms with Crippen LogP contribution in [0.2, 0.25) is 0 Å². The van der Waals surface area contributed by atoms with E-state index >= 15 is 0 Å². The van der Waals surface area contributed by atoms with Crippen LogP contribution in [0.3, 0.4) is 0 Å². The Balaban J connectivity index is 0.00000121. The number of hydrogen-bond acceptors (Lipinski definition) is 0. The molecule has 4 aromatic rings. The van der Waals surface area contributed by atoms with Crippen molar-refractivity contribution in [1.82, 2.24) is 0 Å². The third-order valence-corrected chi connectivity index (χ3v) is 4.57. The molecule has 0 aliphatic carbocycles. The van der Waals surface area contributed by atoms with Gasteiger partial charge in [0.15, 0.2) is 0 Å². The van der Waals surface area contributed by atoms with E-state index in [1.807, 2.05) is 0 Å². The molecule has 0 fully saturated rings. The van der Waals surface area contributed by atoms with Crippen LogP contribution in [-0.4, -0.2) is 24.4 Å². The van der Waals surface area contributed by atoms with Crippen molar-refractivity contribution in [2.24, 2.45) is 0 Å². The summed E-state index contributed by atoms with van der Waals surface area (Å²) in [6, 6.07) is 24.1. The number of fused-ring (bicyclic) bond motifs is 4. The molecular formula is C18H14ISb. The molecule has 0 atom stereocenters. The first kappa shape index (κ1) is 14.2. The first-order chi connectivity index (χ1) is 9.33. The van der Waals surface area contributed by atoms with Gasteiger partial charge in [-0.15, -0.1) is 0 Å². The van der Waals surface area contributed by atoms with E-state index in [4.69, 9.17) is 0 Å². The molecule has 4 aromatic carbocycles. The predicted molar refractivity (Wildman–Crippen MR) is 102 cm³/mol. The summed E-state index contributed by atoms with van der Waals surface area (Å²) in [5, 5.41) is 7.96. The van der Waals surface area contributed by atoms with Crippen LogP contribution in [0.5, 0.6) is 0 Å². The molecule has 0 saturated carbocycles. The Labute approximate surface area is 148 Å². The molecule has 0 amide bonds. The zero-order chi connectivity index (χ0) is 12.8. The molecule has 98 valence electrons. The average molecular weight is 479 g/mol. The van der Waals surface area contributed by atoms with Crippen molar-refractivity contribution in [3.05, 3.63) is 70.3 Å². The molecule has 0 N–H and O–H groups in total. The normalized spacial score (nSPS) is 10.8. The van der Waals surface area contributed by atoms with Crippen molar-refractivity contribution in [1.29, 1.82) is 0 Å². The molecule has 20 heavy (non-hydrogen) atoms. The van der Waals surface area contributed by atoms with E-state index < -0.39 is 0 Å². The van der Waals surface area contributed by atoms with Gasteiger partial charge in [-0.3, -0.25) is 0 Å². The van der Waals surface area contributed by atoms with Crippen molar-refractivity contribution in [2.45, 2.75) is 0 Å². The second-order valence-corrected chi connectivity index (χ2v) is 5.99. The minimum atomic E-state index is 0. The van der Waals surface area contributed by atoms with Crippen LogP contribution in [0.1, 0.15) is 0 Å². The van der Waals surface area contributed by atoms with E-state index in [0.717, 1.165) is 0 Å². The van der Waals surface area contributed by atoms with E-state index in [1.165, 1.54) is 35.9 Å². The van der Waals surface area contributed by atoms with Crippen LogP contribution < -0.4 is 0 Å². The monoisotopic (exact) mass is 478 g/mol. The van der Waals surface area contributed by atoms with Gasteiger partial charge >= 0.3 is 24.4 Å². The molecular weight excluding hydrogens is 465 g/mol. The van der Waals surface area contributed by atoms with Gasteiger partial charge < -0.3 is 0 Å².